The molecule has 0 unspecified atom stereocenters. The molecule has 0 spiro atoms. The lowest BCUT2D eigenvalue weighted by molar-refractivity contribution is 0.349. The highest BCUT2D eigenvalue weighted by molar-refractivity contribution is 5.47. The van der Waals surface area contributed by atoms with Crippen molar-refractivity contribution in [3.8, 4) is 11.5 Å². The summed E-state index contributed by atoms with van der Waals surface area (Å²) in [6, 6.07) is 5.94. The van der Waals surface area contributed by atoms with E-state index in [0.29, 0.717) is 0 Å². The van der Waals surface area contributed by atoms with Crippen LogP contribution in [0.3, 0.4) is 0 Å². The number of nitrogens with two attached hydrogens (primary N) is 1. The number of rotatable bonds is 4. The lowest BCUT2D eigenvalue weighted by atomic mass is 9.75. The smallest absolute Gasteiger partial charge is 0.126 e. The summed E-state index contributed by atoms with van der Waals surface area (Å²) in [6.45, 7) is 4.37. The van der Waals surface area contributed by atoms with Crippen LogP contribution in [0.25, 0.3) is 0 Å². The Morgan fingerprint density at radius 2 is 1.82 bits per heavy atom. The van der Waals surface area contributed by atoms with Gasteiger partial charge in [0, 0.05) is 22.6 Å². The van der Waals surface area contributed by atoms with E-state index in [-0.39, 0.29) is 11.0 Å². The van der Waals surface area contributed by atoms with Crippen LogP contribution in [0.2, 0.25) is 0 Å². The van der Waals surface area contributed by atoms with Crippen LogP contribution in [0.5, 0.6) is 11.5 Å². The topological polar surface area (TPSA) is 44.5 Å². The van der Waals surface area contributed by atoms with Crippen LogP contribution in [0.15, 0.2) is 18.2 Å². The van der Waals surface area contributed by atoms with E-state index in [9.17, 15) is 0 Å². The molecule has 1 aliphatic carbocycles. The highest BCUT2D eigenvalue weighted by Gasteiger charge is 2.52. The minimum atomic E-state index is -0.0884. The fraction of sp³-hybridized carbons (Fsp3) is 0.571. The molecule has 0 heterocycles. The van der Waals surface area contributed by atoms with E-state index < -0.39 is 0 Å². The molecule has 2 N–H and O–H groups in total. The van der Waals surface area contributed by atoms with Gasteiger partial charge in [-0.1, -0.05) is 19.9 Å². The van der Waals surface area contributed by atoms with Gasteiger partial charge in [-0.15, -0.1) is 0 Å². The van der Waals surface area contributed by atoms with Gasteiger partial charge >= 0.3 is 0 Å². The molecule has 1 aromatic rings. The average Bonchev–Trinajstić information content (AvgIpc) is 3.08. The summed E-state index contributed by atoms with van der Waals surface area (Å²) in [5.41, 5.74) is 7.35. The van der Waals surface area contributed by atoms with Crippen LogP contribution in [-0.4, -0.2) is 19.8 Å². The second-order valence-corrected chi connectivity index (χ2v) is 5.35. The van der Waals surface area contributed by atoms with Crippen molar-refractivity contribution in [2.24, 2.45) is 5.73 Å². The van der Waals surface area contributed by atoms with E-state index in [1.165, 1.54) is 0 Å². The first-order valence-electron chi connectivity index (χ1n) is 5.96. The Morgan fingerprint density at radius 3 is 2.29 bits per heavy atom. The fourth-order valence-electron chi connectivity index (χ4n) is 2.34. The molecule has 1 fully saturated rings. The molecule has 0 saturated heterocycles. The second-order valence-electron chi connectivity index (χ2n) is 5.35. The second kappa shape index (κ2) is 3.91. The summed E-state index contributed by atoms with van der Waals surface area (Å²) in [5, 5.41) is 0. The average molecular weight is 235 g/mol. The molecule has 0 amide bonds. The van der Waals surface area contributed by atoms with Crippen LogP contribution in [0, 0.1) is 0 Å². The van der Waals surface area contributed by atoms with Crippen molar-refractivity contribution in [3.63, 3.8) is 0 Å². The van der Waals surface area contributed by atoms with Gasteiger partial charge < -0.3 is 15.2 Å². The Hall–Kier alpha value is -1.22. The zero-order valence-electron chi connectivity index (χ0n) is 11.0. The van der Waals surface area contributed by atoms with Crippen molar-refractivity contribution in [2.45, 2.75) is 37.6 Å². The molecular weight excluding hydrogens is 214 g/mol. The zero-order valence-corrected chi connectivity index (χ0v) is 11.0. The van der Waals surface area contributed by atoms with Gasteiger partial charge in [-0.25, -0.2) is 0 Å². The predicted molar refractivity (Wildman–Crippen MR) is 68.7 cm³/mol. The van der Waals surface area contributed by atoms with E-state index in [1.807, 2.05) is 12.1 Å². The third-order valence-corrected chi connectivity index (χ3v) is 4.12. The van der Waals surface area contributed by atoms with E-state index in [2.05, 4.69) is 19.9 Å². The van der Waals surface area contributed by atoms with Gasteiger partial charge in [-0.3, -0.25) is 0 Å². The maximum atomic E-state index is 6.36. The SMILES string of the molecule is COc1ccc(C(C)(C)C2(N)CC2)c(OC)c1. The molecular formula is C14H21NO2. The van der Waals surface area contributed by atoms with Crippen LogP contribution < -0.4 is 15.2 Å². The summed E-state index contributed by atoms with van der Waals surface area (Å²) in [5.74, 6) is 1.66. The van der Waals surface area contributed by atoms with Crippen molar-refractivity contribution in [1.82, 2.24) is 0 Å². The molecule has 0 bridgehead atoms. The van der Waals surface area contributed by atoms with Crippen LogP contribution in [0.4, 0.5) is 0 Å². The minimum absolute atomic E-state index is 0.0788. The van der Waals surface area contributed by atoms with Crippen molar-refractivity contribution in [2.75, 3.05) is 14.2 Å². The molecule has 1 saturated carbocycles. The van der Waals surface area contributed by atoms with Crippen LogP contribution >= 0.6 is 0 Å². The fourth-order valence-corrected chi connectivity index (χ4v) is 2.34. The minimum Gasteiger partial charge on any atom is -0.497 e. The molecule has 0 aromatic heterocycles. The van der Waals surface area contributed by atoms with Gasteiger partial charge in [0.05, 0.1) is 14.2 Å². The van der Waals surface area contributed by atoms with Gasteiger partial charge in [0.1, 0.15) is 11.5 Å². The number of ether oxygens (including phenoxy) is 2. The van der Waals surface area contributed by atoms with Crippen molar-refractivity contribution in [1.29, 1.82) is 0 Å². The van der Waals surface area contributed by atoms with Crippen molar-refractivity contribution < 1.29 is 9.47 Å². The Bertz CT molecular complexity index is 422. The highest BCUT2D eigenvalue weighted by Crippen LogP contribution is 2.51. The summed E-state index contributed by atoms with van der Waals surface area (Å²) in [7, 11) is 3.34. The van der Waals surface area contributed by atoms with Crippen LogP contribution in [0.1, 0.15) is 32.3 Å². The van der Waals surface area contributed by atoms with E-state index in [1.54, 1.807) is 14.2 Å². The summed E-state index contributed by atoms with van der Waals surface area (Å²) in [6.07, 6.45) is 2.16. The van der Waals surface area contributed by atoms with E-state index in [0.717, 1.165) is 29.9 Å². The number of hydrogen-bond donors (Lipinski definition) is 1. The number of hydrogen-bond acceptors (Lipinski definition) is 3. The Morgan fingerprint density at radius 1 is 1.18 bits per heavy atom. The molecule has 1 aliphatic rings. The molecule has 2 rings (SSSR count). The quantitative estimate of drug-likeness (QED) is 0.872. The lowest BCUT2D eigenvalue weighted by Gasteiger charge is -2.33. The summed E-state index contributed by atoms with van der Waals surface area (Å²) in [4.78, 5) is 0. The van der Waals surface area contributed by atoms with Gasteiger partial charge in [0.15, 0.2) is 0 Å². The third kappa shape index (κ3) is 1.89. The Balaban J connectivity index is 2.44. The molecule has 94 valence electrons. The van der Waals surface area contributed by atoms with E-state index >= 15 is 0 Å². The first kappa shape index (κ1) is 12.2. The molecule has 3 heteroatoms. The first-order valence-corrected chi connectivity index (χ1v) is 5.96. The zero-order chi connectivity index (χ0) is 12.7. The standard InChI is InChI=1S/C14H21NO2/c1-13(2,14(15)7-8-14)11-6-5-10(16-3)9-12(11)17-4/h5-6,9H,7-8,15H2,1-4H3. The maximum Gasteiger partial charge on any atom is 0.126 e. The Labute approximate surface area is 103 Å². The predicted octanol–water partition coefficient (Wildman–Crippen LogP) is 2.47. The maximum absolute atomic E-state index is 6.36. The molecule has 0 atom stereocenters. The molecule has 0 radical (unpaired) electrons. The van der Waals surface area contributed by atoms with Crippen LogP contribution in [-0.2, 0) is 5.41 Å². The largest absolute Gasteiger partial charge is 0.497 e. The molecule has 0 aliphatic heterocycles. The molecule has 1 aromatic carbocycles. The molecule has 17 heavy (non-hydrogen) atoms. The van der Waals surface area contributed by atoms with Crippen molar-refractivity contribution >= 4 is 0 Å². The Kier molecular flexibility index (Phi) is 2.82. The monoisotopic (exact) mass is 235 g/mol. The van der Waals surface area contributed by atoms with Gasteiger partial charge in [-0.05, 0) is 18.9 Å². The van der Waals surface area contributed by atoms with Gasteiger partial charge in [-0.2, -0.15) is 0 Å². The van der Waals surface area contributed by atoms with Gasteiger partial charge in [0.25, 0.3) is 0 Å². The highest BCUT2D eigenvalue weighted by atomic mass is 16.5. The first-order chi connectivity index (χ1) is 7.94. The summed E-state index contributed by atoms with van der Waals surface area (Å²) >= 11 is 0. The molecule has 3 nitrogen and oxygen atoms in total. The third-order valence-electron chi connectivity index (χ3n) is 4.12. The summed E-state index contributed by atoms with van der Waals surface area (Å²) < 4.78 is 10.7. The lowest BCUT2D eigenvalue weighted by Crippen LogP contribution is -2.43. The normalized spacial score (nSPS) is 17.7. The number of methoxy groups -OCH3 is 2. The van der Waals surface area contributed by atoms with Crippen molar-refractivity contribution in [3.05, 3.63) is 23.8 Å². The van der Waals surface area contributed by atoms with E-state index in [4.69, 9.17) is 15.2 Å². The van der Waals surface area contributed by atoms with Gasteiger partial charge in [0.2, 0.25) is 0 Å². The number of benzene rings is 1.